The minimum atomic E-state index is -0.236. The third kappa shape index (κ3) is 3.07. The number of nitrogens with one attached hydrogen (secondary N) is 1. The summed E-state index contributed by atoms with van der Waals surface area (Å²) in [5, 5.41) is 13.6. The van der Waals surface area contributed by atoms with E-state index in [-0.39, 0.29) is 6.10 Å². The molecule has 4 nitrogen and oxygen atoms in total. The molecule has 1 aromatic heterocycles. The summed E-state index contributed by atoms with van der Waals surface area (Å²) in [4.78, 5) is 6.77. The number of hydrogen-bond acceptors (Lipinski definition) is 4. The first-order chi connectivity index (χ1) is 9.24. The third-order valence-electron chi connectivity index (χ3n) is 4.24. The van der Waals surface area contributed by atoms with Crippen LogP contribution >= 0.6 is 0 Å². The highest BCUT2D eigenvalue weighted by Crippen LogP contribution is 2.25. The Labute approximate surface area is 114 Å². The van der Waals surface area contributed by atoms with Crippen LogP contribution in [-0.2, 0) is 6.54 Å². The average Bonchev–Trinajstić information content (AvgIpc) is 3.24. The van der Waals surface area contributed by atoms with E-state index in [4.69, 9.17) is 0 Å². The van der Waals surface area contributed by atoms with Crippen LogP contribution < -0.4 is 10.2 Å². The van der Waals surface area contributed by atoms with Gasteiger partial charge in [0.05, 0.1) is 6.10 Å². The summed E-state index contributed by atoms with van der Waals surface area (Å²) >= 11 is 0. The van der Waals surface area contributed by atoms with Gasteiger partial charge in [-0.05, 0) is 31.2 Å². The van der Waals surface area contributed by atoms with Crippen molar-refractivity contribution in [2.45, 2.75) is 44.9 Å². The molecule has 3 rings (SSSR count). The minimum Gasteiger partial charge on any atom is -0.391 e. The van der Waals surface area contributed by atoms with Crippen molar-refractivity contribution in [2.75, 3.05) is 18.0 Å². The molecule has 104 valence electrons. The van der Waals surface area contributed by atoms with E-state index < -0.39 is 0 Å². The maximum absolute atomic E-state index is 10.0. The van der Waals surface area contributed by atoms with Gasteiger partial charge < -0.3 is 15.3 Å². The number of β-amino-alcohol motifs (C(OH)–C–C–N with tert-alkyl or cyclic N) is 1. The minimum absolute atomic E-state index is 0.236. The third-order valence-corrected chi connectivity index (χ3v) is 4.24. The molecular formula is C15H23N3O. The standard InChI is InChI=1S/C15H23N3O/c1-11-6-8-18(10-14(11)19)15-12(3-2-7-16-15)9-17-13-4-5-13/h2-3,7,11,13-14,17,19H,4-6,8-10H2,1H3. The van der Waals surface area contributed by atoms with E-state index in [1.54, 1.807) is 0 Å². The fourth-order valence-electron chi connectivity index (χ4n) is 2.64. The van der Waals surface area contributed by atoms with E-state index in [9.17, 15) is 5.11 Å². The Morgan fingerprint density at radius 3 is 3.00 bits per heavy atom. The van der Waals surface area contributed by atoms with Crippen molar-refractivity contribution >= 4 is 5.82 Å². The number of pyridine rings is 1. The van der Waals surface area contributed by atoms with Crippen molar-refractivity contribution in [1.29, 1.82) is 0 Å². The Balaban J connectivity index is 1.71. The maximum Gasteiger partial charge on any atom is 0.133 e. The molecule has 2 unspecified atom stereocenters. The maximum atomic E-state index is 10.0. The molecule has 4 heteroatoms. The molecule has 2 aliphatic rings. The van der Waals surface area contributed by atoms with Crippen molar-refractivity contribution in [3.05, 3.63) is 23.9 Å². The van der Waals surface area contributed by atoms with Gasteiger partial charge in [-0.25, -0.2) is 4.98 Å². The number of hydrogen-bond donors (Lipinski definition) is 2. The lowest BCUT2D eigenvalue weighted by Crippen LogP contribution is -2.43. The lowest BCUT2D eigenvalue weighted by Gasteiger charge is -2.36. The first-order valence-electron chi connectivity index (χ1n) is 7.34. The lowest BCUT2D eigenvalue weighted by molar-refractivity contribution is 0.102. The first kappa shape index (κ1) is 12.9. The SMILES string of the molecule is CC1CCN(c2ncccc2CNC2CC2)CC1O. The summed E-state index contributed by atoms with van der Waals surface area (Å²) in [6.45, 7) is 4.70. The summed E-state index contributed by atoms with van der Waals surface area (Å²) in [6, 6.07) is 4.85. The van der Waals surface area contributed by atoms with Gasteiger partial charge in [-0.15, -0.1) is 0 Å². The molecule has 0 spiro atoms. The van der Waals surface area contributed by atoms with Crippen LogP contribution in [-0.4, -0.2) is 35.3 Å². The molecule has 2 fully saturated rings. The highest BCUT2D eigenvalue weighted by molar-refractivity contribution is 5.47. The zero-order valence-electron chi connectivity index (χ0n) is 11.5. The Morgan fingerprint density at radius 1 is 1.42 bits per heavy atom. The Morgan fingerprint density at radius 2 is 2.26 bits per heavy atom. The van der Waals surface area contributed by atoms with Crippen molar-refractivity contribution in [3.63, 3.8) is 0 Å². The molecule has 1 aliphatic heterocycles. The van der Waals surface area contributed by atoms with Gasteiger partial charge in [0.1, 0.15) is 5.82 Å². The molecule has 1 aromatic rings. The van der Waals surface area contributed by atoms with E-state index in [0.717, 1.165) is 25.3 Å². The molecular weight excluding hydrogens is 238 g/mol. The highest BCUT2D eigenvalue weighted by atomic mass is 16.3. The normalized spacial score (nSPS) is 27.6. The second-order valence-electron chi connectivity index (χ2n) is 5.92. The summed E-state index contributed by atoms with van der Waals surface area (Å²) in [7, 11) is 0. The number of rotatable bonds is 4. The number of aliphatic hydroxyl groups is 1. The molecule has 1 aliphatic carbocycles. The predicted octanol–water partition coefficient (Wildman–Crippen LogP) is 1.54. The van der Waals surface area contributed by atoms with Crippen molar-refractivity contribution in [1.82, 2.24) is 10.3 Å². The first-order valence-corrected chi connectivity index (χ1v) is 7.34. The van der Waals surface area contributed by atoms with E-state index in [2.05, 4.69) is 28.2 Å². The number of aromatic nitrogens is 1. The summed E-state index contributed by atoms with van der Waals surface area (Å²) < 4.78 is 0. The average molecular weight is 261 g/mol. The van der Waals surface area contributed by atoms with Crippen LogP contribution in [0, 0.1) is 5.92 Å². The zero-order chi connectivity index (χ0) is 13.2. The van der Waals surface area contributed by atoms with Gasteiger partial charge in [0.25, 0.3) is 0 Å². The molecule has 2 N–H and O–H groups in total. The summed E-state index contributed by atoms with van der Waals surface area (Å²) in [5.41, 5.74) is 1.25. The van der Waals surface area contributed by atoms with E-state index in [1.807, 2.05) is 12.3 Å². The van der Waals surface area contributed by atoms with Crippen LogP contribution in [0.4, 0.5) is 5.82 Å². The van der Waals surface area contributed by atoms with E-state index in [1.165, 1.54) is 18.4 Å². The van der Waals surface area contributed by atoms with Crippen LogP contribution in [0.15, 0.2) is 18.3 Å². The fourth-order valence-corrected chi connectivity index (χ4v) is 2.64. The van der Waals surface area contributed by atoms with Crippen molar-refractivity contribution < 1.29 is 5.11 Å². The number of piperidine rings is 1. The Hall–Kier alpha value is -1.13. The molecule has 0 aromatic carbocycles. The zero-order valence-corrected chi connectivity index (χ0v) is 11.5. The highest BCUT2D eigenvalue weighted by Gasteiger charge is 2.27. The van der Waals surface area contributed by atoms with Crippen LogP contribution in [0.1, 0.15) is 31.7 Å². The van der Waals surface area contributed by atoms with Crippen molar-refractivity contribution in [3.8, 4) is 0 Å². The van der Waals surface area contributed by atoms with Gasteiger partial charge in [-0.3, -0.25) is 0 Å². The molecule has 0 radical (unpaired) electrons. The monoisotopic (exact) mass is 261 g/mol. The summed E-state index contributed by atoms with van der Waals surface area (Å²) in [6.07, 6.45) is 5.25. The fraction of sp³-hybridized carbons (Fsp3) is 0.667. The van der Waals surface area contributed by atoms with Gasteiger partial charge in [-0.2, -0.15) is 0 Å². The number of nitrogens with zero attached hydrogens (tertiary/aromatic N) is 2. The molecule has 2 heterocycles. The van der Waals surface area contributed by atoms with Gasteiger partial charge in [0.2, 0.25) is 0 Å². The molecule has 0 amide bonds. The Bertz CT molecular complexity index is 433. The quantitative estimate of drug-likeness (QED) is 0.863. The van der Waals surface area contributed by atoms with Gasteiger partial charge >= 0.3 is 0 Å². The molecule has 1 saturated heterocycles. The topological polar surface area (TPSA) is 48.4 Å². The second kappa shape index (κ2) is 5.47. The predicted molar refractivity (Wildman–Crippen MR) is 76.1 cm³/mol. The lowest BCUT2D eigenvalue weighted by atomic mass is 9.96. The van der Waals surface area contributed by atoms with Crippen LogP contribution in [0.2, 0.25) is 0 Å². The summed E-state index contributed by atoms with van der Waals surface area (Å²) in [5.74, 6) is 1.44. The van der Waals surface area contributed by atoms with Gasteiger partial charge in [0, 0.05) is 37.4 Å². The largest absolute Gasteiger partial charge is 0.391 e. The molecule has 1 saturated carbocycles. The molecule has 19 heavy (non-hydrogen) atoms. The second-order valence-corrected chi connectivity index (χ2v) is 5.92. The van der Waals surface area contributed by atoms with E-state index in [0.29, 0.717) is 18.5 Å². The number of aliphatic hydroxyl groups excluding tert-OH is 1. The van der Waals surface area contributed by atoms with Crippen LogP contribution in [0.5, 0.6) is 0 Å². The van der Waals surface area contributed by atoms with Crippen LogP contribution in [0.25, 0.3) is 0 Å². The smallest absolute Gasteiger partial charge is 0.133 e. The van der Waals surface area contributed by atoms with E-state index >= 15 is 0 Å². The van der Waals surface area contributed by atoms with Gasteiger partial charge in [-0.1, -0.05) is 13.0 Å². The molecule has 0 bridgehead atoms. The molecule has 2 atom stereocenters. The van der Waals surface area contributed by atoms with Gasteiger partial charge in [0.15, 0.2) is 0 Å². The van der Waals surface area contributed by atoms with Crippen LogP contribution in [0.3, 0.4) is 0 Å². The Kier molecular flexibility index (Phi) is 3.71. The number of anilines is 1. The van der Waals surface area contributed by atoms with Crippen molar-refractivity contribution in [2.24, 2.45) is 5.92 Å².